The summed E-state index contributed by atoms with van der Waals surface area (Å²) in [5.74, 6) is 1.74. The summed E-state index contributed by atoms with van der Waals surface area (Å²) in [5.41, 5.74) is 1.19. The molecule has 0 N–H and O–H groups in total. The predicted molar refractivity (Wildman–Crippen MR) is 65.8 cm³/mol. The van der Waals surface area contributed by atoms with Crippen LogP contribution in [0.1, 0.15) is 24.7 Å². The lowest BCUT2D eigenvalue weighted by Gasteiger charge is -2.07. The van der Waals surface area contributed by atoms with E-state index in [1.807, 2.05) is 35.9 Å². The average molecular weight is 231 g/mol. The highest BCUT2D eigenvalue weighted by molar-refractivity contribution is 5.27. The molecule has 0 saturated carbocycles. The second-order valence-electron chi connectivity index (χ2n) is 4.00. The maximum Gasteiger partial charge on any atom is 0.164 e. The molecule has 2 aromatic rings. The quantitative estimate of drug-likeness (QED) is 0.794. The third kappa shape index (κ3) is 3.06. The van der Waals surface area contributed by atoms with Crippen LogP contribution < -0.4 is 4.74 Å². The Labute approximate surface area is 101 Å². The van der Waals surface area contributed by atoms with E-state index in [-0.39, 0.29) is 0 Å². The lowest BCUT2D eigenvalue weighted by Crippen LogP contribution is -2.08. The normalized spacial score (nSPS) is 10.5. The summed E-state index contributed by atoms with van der Waals surface area (Å²) in [6.45, 7) is 5.51. The van der Waals surface area contributed by atoms with Crippen molar-refractivity contribution < 1.29 is 4.74 Å². The number of ether oxygens (including phenoxy) is 1. The molecule has 0 atom stereocenters. The zero-order valence-corrected chi connectivity index (χ0v) is 10.3. The van der Waals surface area contributed by atoms with Gasteiger partial charge < -0.3 is 4.74 Å². The zero-order valence-electron chi connectivity index (χ0n) is 10.3. The maximum absolute atomic E-state index is 5.69. The molecule has 17 heavy (non-hydrogen) atoms. The van der Waals surface area contributed by atoms with E-state index in [1.54, 1.807) is 6.33 Å². The van der Waals surface area contributed by atoms with Crippen molar-refractivity contribution in [3.05, 3.63) is 42.0 Å². The van der Waals surface area contributed by atoms with Crippen molar-refractivity contribution in [1.82, 2.24) is 14.8 Å². The minimum Gasteiger partial charge on any atom is -0.486 e. The molecule has 4 heteroatoms. The molecule has 2 rings (SSSR count). The van der Waals surface area contributed by atoms with Crippen molar-refractivity contribution in [1.29, 1.82) is 0 Å². The van der Waals surface area contributed by atoms with E-state index in [2.05, 4.69) is 17.0 Å². The van der Waals surface area contributed by atoms with E-state index in [1.165, 1.54) is 5.56 Å². The van der Waals surface area contributed by atoms with Gasteiger partial charge in [0.15, 0.2) is 5.82 Å². The highest BCUT2D eigenvalue weighted by Crippen LogP contribution is 2.13. The fourth-order valence-corrected chi connectivity index (χ4v) is 1.65. The van der Waals surface area contributed by atoms with Gasteiger partial charge in [0.2, 0.25) is 0 Å². The summed E-state index contributed by atoms with van der Waals surface area (Å²) in [4.78, 5) is 4.20. The SMILES string of the molecule is CCCn1ncnc1COc1cccc(C)c1. The first-order chi connectivity index (χ1) is 8.29. The van der Waals surface area contributed by atoms with Gasteiger partial charge in [0, 0.05) is 6.54 Å². The van der Waals surface area contributed by atoms with Crippen LogP contribution in [0.3, 0.4) is 0 Å². The van der Waals surface area contributed by atoms with Gasteiger partial charge >= 0.3 is 0 Å². The van der Waals surface area contributed by atoms with Crippen LogP contribution in [0.25, 0.3) is 0 Å². The van der Waals surface area contributed by atoms with Gasteiger partial charge in [-0.05, 0) is 31.0 Å². The Morgan fingerprint density at radius 3 is 3.00 bits per heavy atom. The Morgan fingerprint density at radius 2 is 2.24 bits per heavy atom. The molecule has 1 aromatic heterocycles. The monoisotopic (exact) mass is 231 g/mol. The van der Waals surface area contributed by atoms with Crippen molar-refractivity contribution in [2.24, 2.45) is 0 Å². The molecule has 90 valence electrons. The maximum atomic E-state index is 5.69. The average Bonchev–Trinajstić information content (AvgIpc) is 2.75. The second-order valence-corrected chi connectivity index (χ2v) is 4.00. The first-order valence-corrected chi connectivity index (χ1v) is 5.85. The van der Waals surface area contributed by atoms with Gasteiger partial charge in [-0.3, -0.25) is 0 Å². The summed E-state index contributed by atoms with van der Waals surface area (Å²) in [6.07, 6.45) is 2.62. The van der Waals surface area contributed by atoms with Gasteiger partial charge in [0.05, 0.1) is 0 Å². The van der Waals surface area contributed by atoms with E-state index in [0.29, 0.717) is 6.61 Å². The Kier molecular flexibility index (Phi) is 3.75. The van der Waals surface area contributed by atoms with Gasteiger partial charge in [-0.15, -0.1) is 0 Å². The van der Waals surface area contributed by atoms with Gasteiger partial charge in [-0.2, -0.15) is 5.10 Å². The van der Waals surface area contributed by atoms with E-state index >= 15 is 0 Å². The molecule has 1 aromatic carbocycles. The van der Waals surface area contributed by atoms with Crippen LogP contribution in [0, 0.1) is 6.92 Å². The van der Waals surface area contributed by atoms with Crippen LogP contribution in [-0.2, 0) is 13.2 Å². The summed E-state index contributed by atoms with van der Waals surface area (Å²) in [6, 6.07) is 8.00. The van der Waals surface area contributed by atoms with Crippen molar-refractivity contribution in [3.8, 4) is 5.75 Å². The van der Waals surface area contributed by atoms with Gasteiger partial charge in [-0.25, -0.2) is 9.67 Å². The van der Waals surface area contributed by atoms with Gasteiger partial charge in [0.25, 0.3) is 0 Å². The minimum atomic E-state index is 0.462. The summed E-state index contributed by atoms with van der Waals surface area (Å²) in [7, 11) is 0. The van der Waals surface area contributed by atoms with Crippen LogP contribution in [0.15, 0.2) is 30.6 Å². The molecule has 0 saturated heterocycles. The van der Waals surface area contributed by atoms with Crippen LogP contribution in [-0.4, -0.2) is 14.8 Å². The van der Waals surface area contributed by atoms with Crippen LogP contribution in [0.4, 0.5) is 0 Å². The summed E-state index contributed by atoms with van der Waals surface area (Å²) >= 11 is 0. The number of benzene rings is 1. The van der Waals surface area contributed by atoms with Gasteiger partial charge in [-0.1, -0.05) is 19.1 Å². The van der Waals surface area contributed by atoms with E-state index in [0.717, 1.165) is 24.5 Å². The zero-order chi connectivity index (χ0) is 12.1. The van der Waals surface area contributed by atoms with Crippen molar-refractivity contribution in [3.63, 3.8) is 0 Å². The molecule has 1 heterocycles. The van der Waals surface area contributed by atoms with Crippen molar-refractivity contribution in [2.45, 2.75) is 33.4 Å². The Balaban J connectivity index is 1.99. The number of aromatic nitrogens is 3. The summed E-state index contributed by atoms with van der Waals surface area (Å²) in [5, 5.41) is 4.16. The molecule has 0 aliphatic carbocycles. The molecule has 4 nitrogen and oxygen atoms in total. The Hall–Kier alpha value is -1.84. The minimum absolute atomic E-state index is 0.462. The molecule has 0 aliphatic rings. The first-order valence-electron chi connectivity index (χ1n) is 5.85. The van der Waals surface area contributed by atoms with Crippen LogP contribution in [0.2, 0.25) is 0 Å². The largest absolute Gasteiger partial charge is 0.486 e. The predicted octanol–water partition coefficient (Wildman–Crippen LogP) is 2.58. The van der Waals surface area contributed by atoms with E-state index in [4.69, 9.17) is 4.74 Å². The third-order valence-corrected chi connectivity index (χ3v) is 2.49. The smallest absolute Gasteiger partial charge is 0.164 e. The molecular weight excluding hydrogens is 214 g/mol. The second kappa shape index (κ2) is 5.48. The lowest BCUT2D eigenvalue weighted by molar-refractivity contribution is 0.286. The summed E-state index contributed by atoms with van der Waals surface area (Å²) < 4.78 is 7.58. The fraction of sp³-hybridized carbons (Fsp3) is 0.385. The Morgan fingerprint density at radius 1 is 1.35 bits per heavy atom. The number of nitrogens with zero attached hydrogens (tertiary/aromatic N) is 3. The fourth-order valence-electron chi connectivity index (χ4n) is 1.65. The van der Waals surface area contributed by atoms with E-state index in [9.17, 15) is 0 Å². The Bertz CT molecular complexity index is 479. The number of aryl methyl sites for hydroxylation is 2. The van der Waals surface area contributed by atoms with Gasteiger partial charge in [0.1, 0.15) is 18.7 Å². The molecule has 0 aliphatic heterocycles. The molecule has 0 amide bonds. The number of hydrogen-bond donors (Lipinski definition) is 0. The third-order valence-electron chi connectivity index (χ3n) is 2.49. The van der Waals surface area contributed by atoms with E-state index < -0.39 is 0 Å². The van der Waals surface area contributed by atoms with Crippen molar-refractivity contribution in [2.75, 3.05) is 0 Å². The molecule has 0 radical (unpaired) electrons. The van der Waals surface area contributed by atoms with Crippen LogP contribution >= 0.6 is 0 Å². The van der Waals surface area contributed by atoms with Crippen molar-refractivity contribution >= 4 is 0 Å². The first kappa shape index (κ1) is 11.6. The molecule has 0 bridgehead atoms. The number of hydrogen-bond acceptors (Lipinski definition) is 3. The highest BCUT2D eigenvalue weighted by Gasteiger charge is 2.04. The topological polar surface area (TPSA) is 39.9 Å². The molecule has 0 fully saturated rings. The number of rotatable bonds is 5. The molecular formula is C13H17N3O. The van der Waals surface area contributed by atoms with Crippen LogP contribution in [0.5, 0.6) is 5.75 Å². The lowest BCUT2D eigenvalue weighted by atomic mass is 10.2. The highest BCUT2D eigenvalue weighted by atomic mass is 16.5. The standard InChI is InChI=1S/C13H17N3O/c1-3-7-16-13(14-10-15-16)9-17-12-6-4-5-11(2)8-12/h4-6,8,10H,3,7,9H2,1-2H3. The molecule has 0 unspecified atom stereocenters. The molecule has 0 spiro atoms.